The van der Waals surface area contributed by atoms with Crippen molar-refractivity contribution in [2.75, 3.05) is 23.7 Å². The lowest BCUT2D eigenvalue weighted by Gasteiger charge is -2.32. The van der Waals surface area contributed by atoms with Gasteiger partial charge in [0.15, 0.2) is 0 Å². The maximum absolute atomic E-state index is 14.0. The number of rotatable bonds is 15. The summed E-state index contributed by atoms with van der Waals surface area (Å²) in [6.45, 7) is 6.63. The van der Waals surface area contributed by atoms with Gasteiger partial charge < -0.3 is 10.2 Å². The molecule has 3 aromatic carbocycles. The first-order chi connectivity index (χ1) is 20.4. The summed E-state index contributed by atoms with van der Waals surface area (Å²) >= 11 is 13.0. The second kappa shape index (κ2) is 16.1. The molecule has 2 amide bonds. The zero-order chi connectivity index (χ0) is 31.6. The summed E-state index contributed by atoms with van der Waals surface area (Å²) < 4.78 is 26.7. The van der Waals surface area contributed by atoms with Gasteiger partial charge in [0, 0.05) is 48.1 Å². The normalized spacial score (nSPS) is 12.2. The fourth-order valence-corrected chi connectivity index (χ4v) is 6.21. The van der Waals surface area contributed by atoms with Gasteiger partial charge in [0.05, 0.1) is 11.9 Å². The van der Waals surface area contributed by atoms with Gasteiger partial charge in [-0.15, -0.1) is 0 Å². The Morgan fingerprint density at radius 2 is 1.51 bits per heavy atom. The van der Waals surface area contributed by atoms with Gasteiger partial charge in [0.2, 0.25) is 21.8 Å². The molecular weight excluding hydrogens is 605 g/mol. The van der Waals surface area contributed by atoms with Crippen LogP contribution in [0.25, 0.3) is 0 Å². The fourth-order valence-electron chi connectivity index (χ4n) is 4.73. The Bertz CT molecular complexity index is 1440. The molecular formula is C33H41Cl2N3O4S. The van der Waals surface area contributed by atoms with Gasteiger partial charge in [-0.2, -0.15) is 0 Å². The standard InChI is InChI=1S/C33H41Cl2N3O4S/c1-5-25-16-18-27(19-17-25)38(43(4,41)42)20-10-15-32(39)37(23-28-29(34)13-9-14-30(28)35)31(33(40)36-22-24(2)3)21-26-11-7-6-8-12-26/h6-9,11-14,16-19,24,31H,5,10,15,20-23H2,1-4H3,(H,36,40)/t31-/m1/s1. The second-order valence-corrected chi connectivity index (χ2v) is 13.7. The average Bonchev–Trinajstić information content (AvgIpc) is 2.97. The SMILES string of the molecule is CCc1ccc(N(CCCC(=O)N(Cc2c(Cl)cccc2Cl)[C@H](Cc2ccccc2)C(=O)NCC(C)C)S(C)(=O)=O)cc1. The van der Waals surface area contributed by atoms with Crippen LogP contribution in [0.15, 0.2) is 72.8 Å². The number of amides is 2. The van der Waals surface area contributed by atoms with Crippen molar-refractivity contribution in [3.63, 3.8) is 0 Å². The summed E-state index contributed by atoms with van der Waals surface area (Å²) in [5.41, 5.74) is 3.08. The number of hydrogen-bond donors (Lipinski definition) is 1. The minimum absolute atomic E-state index is 0.0177. The first kappa shape index (κ1) is 34.4. The highest BCUT2D eigenvalue weighted by Gasteiger charge is 2.31. The largest absolute Gasteiger partial charge is 0.354 e. The van der Waals surface area contributed by atoms with Gasteiger partial charge in [-0.1, -0.05) is 92.5 Å². The van der Waals surface area contributed by atoms with E-state index in [-0.39, 0.29) is 50.1 Å². The number of nitrogens with zero attached hydrogens (tertiary/aromatic N) is 2. The molecule has 232 valence electrons. The number of sulfonamides is 1. The Hall–Kier alpha value is -3.07. The molecule has 0 unspecified atom stereocenters. The summed E-state index contributed by atoms with van der Waals surface area (Å²) in [5.74, 6) is -0.355. The van der Waals surface area contributed by atoms with E-state index in [1.165, 1.54) is 9.21 Å². The molecule has 0 radical (unpaired) electrons. The highest BCUT2D eigenvalue weighted by atomic mass is 35.5. The third-order valence-electron chi connectivity index (χ3n) is 7.13. The van der Waals surface area contributed by atoms with E-state index in [2.05, 4.69) is 5.32 Å². The molecule has 0 spiro atoms. The smallest absolute Gasteiger partial charge is 0.243 e. The molecule has 3 rings (SSSR count). The Labute approximate surface area is 266 Å². The monoisotopic (exact) mass is 645 g/mol. The number of anilines is 1. The van der Waals surface area contributed by atoms with Gasteiger partial charge >= 0.3 is 0 Å². The predicted molar refractivity (Wildman–Crippen MR) is 176 cm³/mol. The van der Waals surface area contributed by atoms with Gasteiger partial charge in [-0.3, -0.25) is 13.9 Å². The number of hydrogen-bond acceptors (Lipinski definition) is 4. The van der Waals surface area contributed by atoms with Crippen LogP contribution in [0, 0.1) is 5.92 Å². The van der Waals surface area contributed by atoms with Gasteiger partial charge in [0.1, 0.15) is 6.04 Å². The zero-order valence-corrected chi connectivity index (χ0v) is 27.6. The van der Waals surface area contributed by atoms with Crippen molar-refractivity contribution in [1.82, 2.24) is 10.2 Å². The first-order valence-electron chi connectivity index (χ1n) is 14.5. The predicted octanol–water partition coefficient (Wildman–Crippen LogP) is 6.51. The quantitative estimate of drug-likeness (QED) is 0.204. The second-order valence-electron chi connectivity index (χ2n) is 11.0. The van der Waals surface area contributed by atoms with Crippen molar-refractivity contribution in [2.45, 2.75) is 59.0 Å². The van der Waals surface area contributed by atoms with Crippen LogP contribution in [-0.2, 0) is 39.0 Å². The molecule has 0 aromatic heterocycles. The highest BCUT2D eigenvalue weighted by molar-refractivity contribution is 7.92. The van der Waals surface area contributed by atoms with Crippen molar-refractivity contribution in [3.8, 4) is 0 Å². The van der Waals surface area contributed by atoms with Crippen molar-refractivity contribution < 1.29 is 18.0 Å². The minimum atomic E-state index is -3.59. The Kier molecular flexibility index (Phi) is 12.9. The maximum atomic E-state index is 14.0. The number of nitrogens with one attached hydrogen (secondary N) is 1. The maximum Gasteiger partial charge on any atom is 0.243 e. The molecule has 0 aliphatic carbocycles. The number of benzene rings is 3. The summed E-state index contributed by atoms with van der Waals surface area (Å²) in [5, 5.41) is 3.78. The molecule has 1 N–H and O–H groups in total. The summed E-state index contributed by atoms with van der Waals surface area (Å²) in [6.07, 6.45) is 2.55. The number of carbonyl (C=O) groups is 2. The van der Waals surface area contributed by atoms with Crippen LogP contribution in [0.5, 0.6) is 0 Å². The Morgan fingerprint density at radius 1 is 0.884 bits per heavy atom. The minimum Gasteiger partial charge on any atom is -0.354 e. The molecule has 0 aliphatic rings. The van der Waals surface area contributed by atoms with Crippen LogP contribution >= 0.6 is 23.2 Å². The molecule has 10 heteroatoms. The fraction of sp³-hybridized carbons (Fsp3) is 0.394. The third kappa shape index (κ3) is 10.3. The topological polar surface area (TPSA) is 86.8 Å². The van der Waals surface area contributed by atoms with E-state index in [1.807, 2.05) is 63.2 Å². The van der Waals surface area contributed by atoms with Crippen LogP contribution in [0.1, 0.15) is 50.3 Å². The van der Waals surface area contributed by atoms with Crippen LogP contribution in [0.2, 0.25) is 10.0 Å². The molecule has 1 atom stereocenters. The summed E-state index contributed by atoms with van der Waals surface area (Å²) in [6, 6.07) is 21.2. The van der Waals surface area contributed by atoms with E-state index in [1.54, 1.807) is 30.3 Å². The van der Waals surface area contributed by atoms with Crippen LogP contribution in [0.3, 0.4) is 0 Å². The van der Waals surface area contributed by atoms with Gasteiger partial charge in [0.25, 0.3) is 0 Å². The molecule has 7 nitrogen and oxygen atoms in total. The van der Waals surface area contributed by atoms with Crippen molar-refractivity contribution in [2.24, 2.45) is 5.92 Å². The molecule has 0 saturated heterocycles. The van der Waals surface area contributed by atoms with Crippen LogP contribution < -0.4 is 9.62 Å². The molecule has 0 aliphatic heterocycles. The van der Waals surface area contributed by atoms with Crippen LogP contribution in [0.4, 0.5) is 5.69 Å². The van der Waals surface area contributed by atoms with E-state index in [0.717, 1.165) is 23.8 Å². The Balaban J connectivity index is 1.91. The molecule has 0 saturated carbocycles. The highest BCUT2D eigenvalue weighted by Crippen LogP contribution is 2.28. The molecule has 43 heavy (non-hydrogen) atoms. The van der Waals surface area contributed by atoms with E-state index in [9.17, 15) is 18.0 Å². The molecule has 0 fully saturated rings. The average molecular weight is 647 g/mol. The molecule has 3 aromatic rings. The van der Waals surface area contributed by atoms with E-state index in [0.29, 0.717) is 27.8 Å². The lowest BCUT2D eigenvalue weighted by molar-refractivity contribution is -0.141. The first-order valence-corrected chi connectivity index (χ1v) is 17.1. The summed E-state index contributed by atoms with van der Waals surface area (Å²) in [7, 11) is -3.59. The van der Waals surface area contributed by atoms with Gasteiger partial charge in [-0.25, -0.2) is 8.42 Å². The van der Waals surface area contributed by atoms with E-state index < -0.39 is 16.1 Å². The molecule has 0 bridgehead atoms. The van der Waals surface area contributed by atoms with Crippen molar-refractivity contribution >= 4 is 50.7 Å². The summed E-state index contributed by atoms with van der Waals surface area (Å²) in [4.78, 5) is 29.2. The van der Waals surface area contributed by atoms with Crippen LogP contribution in [-0.4, -0.2) is 50.5 Å². The molecule has 0 heterocycles. The van der Waals surface area contributed by atoms with Crippen molar-refractivity contribution in [1.29, 1.82) is 0 Å². The third-order valence-corrected chi connectivity index (χ3v) is 9.03. The number of halogens is 2. The lowest BCUT2D eigenvalue weighted by Crippen LogP contribution is -2.51. The lowest BCUT2D eigenvalue weighted by atomic mass is 10.0. The van der Waals surface area contributed by atoms with E-state index in [4.69, 9.17) is 23.2 Å². The zero-order valence-electron chi connectivity index (χ0n) is 25.2. The van der Waals surface area contributed by atoms with Gasteiger partial charge in [-0.05, 0) is 54.2 Å². The van der Waals surface area contributed by atoms with Crippen molar-refractivity contribution in [3.05, 3.63) is 99.5 Å². The Morgan fingerprint density at radius 3 is 2.07 bits per heavy atom. The number of carbonyl (C=O) groups excluding carboxylic acids is 2. The van der Waals surface area contributed by atoms with E-state index >= 15 is 0 Å². The number of aryl methyl sites for hydroxylation is 1.